The van der Waals surface area contributed by atoms with Gasteiger partial charge in [-0.1, -0.05) is 24.3 Å². The summed E-state index contributed by atoms with van der Waals surface area (Å²) in [5.74, 6) is -1.75. The number of hydrogen-bond acceptors (Lipinski definition) is 5. The minimum atomic E-state index is -2.02. The van der Waals surface area contributed by atoms with Gasteiger partial charge in [0.05, 0.1) is 17.0 Å². The van der Waals surface area contributed by atoms with Crippen molar-refractivity contribution < 1.29 is 20.1 Å². The van der Waals surface area contributed by atoms with E-state index >= 15 is 0 Å². The van der Waals surface area contributed by atoms with Gasteiger partial charge < -0.3 is 25.1 Å². The van der Waals surface area contributed by atoms with Gasteiger partial charge in [0.1, 0.15) is 18.0 Å². The Hall–Kier alpha value is -2.44. The quantitative estimate of drug-likeness (QED) is 0.614. The lowest BCUT2D eigenvalue weighted by Crippen LogP contribution is -2.39. The van der Waals surface area contributed by atoms with E-state index in [1.807, 2.05) is 36.4 Å². The first-order valence-electron chi connectivity index (χ1n) is 6.01. The molecular weight excluding hydrogens is 260 g/mol. The van der Waals surface area contributed by atoms with Crippen molar-refractivity contribution in [1.82, 2.24) is 9.97 Å². The number of aromatic amines is 1. The molecule has 0 amide bonds. The van der Waals surface area contributed by atoms with E-state index in [9.17, 15) is 20.1 Å². The number of H-pyrrole nitrogens is 1. The van der Waals surface area contributed by atoms with E-state index in [1.54, 1.807) is 0 Å². The van der Waals surface area contributed by atoms with Crippen molar-refractivity contribution >= 4 is 27.8 Å². The Morgan fingerprint density at radius 3 is 2.50 bits per heavy atom. The third-order valence-corrected chi connectivity index (χ3v) is 3.19. The van der Waals surface area contributed by atoms with Crippen LogP contribution in [0.3, 0.4) is 0 Å². The molecule has 3 rings (SSSR count). The number of aliphatic carboxylic acids is 1. The number of aromatic nitrogens is 2. The molecule has 0 unspecified atom stereocenters. The Bertz CT molecular complexity index is 744. The zero-order valence-electron chi connectivity index (χ0n) is 10.3. The first-order chi connectivity index (χ1) is 9.56. The first kappa shape index (κ1) is 12.6. The van der Waals surface area contributed by atoms with Crippen LogP contribution < -0.4 is 5.11 Å². The Kier molecular flexibility index (Phi) is 2.89. The van der Waals surface area contributed by atoms with Crippen molar-refractivity contribution in [3.05, 3.63) is 42.2 Å². The fraction of sp³-hybridized carbons (Fsp3) is 0.143. The van der Waals surface area contributed by atoms with Crippen molar-refractivity contribution in [1.29, 1.82) is 0 Å². The van der Waals surface area contributed by atoms with Crippen molar-refractivity contribution in [3.8, 4) is 0 Å². The fourth-order valence-corrected chi connectivity index (χ4v) is 2.14. The van der Waals surface area contributed by atoms with Gasteiger partial charge in [0.2, 0.25) is 0 Å². The molecule has 0 radical (unpaired) electrons. The van der Waals surface area contributed by atoms with E-state index < -0.39 is 18.2 Å². The summed E-state index contributed by atoms with van der Waals surface area (Å²) < 4.78 is 0. The molecule has 20 heavy (non-hydrogen) atoms. The van der Waals surface area contributed by atoms with Crippen molar-refractivity contribution in [2.24, 2.45) is 0 Å². The van der Waals surface area contributed by atoms with Crippen LogP contribution in [0, 0.1) is 0 Å². The molecule has 2 aromatic carbocycles. The average Bonchev–Trinajstić information content (AvgIpc) is 2.85. The van der Waals surface area contributed by atoms with E-state index in [4.69, 9.17) is 0 Å². The minimum Gasteiger partial charge on any atom is -0.547 e. The van der Waals surface area contributed by atoms with E-state index in [1.165, 1.54) is 0 Å². The van der Waals surface area contributed by atoms with Gasteiger partial charge in [0.15, 0.2) is 0 Å². The second-order valence-electron chi connectivity index (χ2n) is 4.55. The van der Waals surface area contributed by atoms with Crippen LogP contribution in [0.4, 0.5) is 0 Å². The SMILES string of the molecule is O=C([O-])[C@H](O)[C@H](O)c1nc2cc3ccccc3cc2[nH]1. The van der Waals surface area contributed by atoms with Crippen LogP contribution in [0.1, 0.15) is 11.9 Å². The second kappa shape index (κ2) is 4.59. The lowest BCUT2D eigenvalue weighted by atomic mass is 10.1. The largest absolute Gasteiger partial charge is 0.547 e. The minimum absolute atomic E-state index is 0.00740. The Morgan fingerprint density at radius 2 is 1.85 bits per heavy atom. The number of rotatable bonds is 3. The molecule has 0 saturated heterocycles. The number of hydrogen-bond donors (Lipinski definition) is 3. The highest BCUT2D eigenvalue weighted by Crippen LogP contribution is 2.23. The summed E-state index contributed by atoms with van der Waals surface area (Å²) in [6.07, 6.45) is -3.68. The summed E-state index contributed by atoms with van der Waals surface area (Å²) >= 11 is 0. The molecule has 2 atom stereocenters. The predicted molar refractivity (Wildman–Crippen MR) is 69.6 cm³/mol. The molecule has 3 aromatic rings. The number of carbonyl (C=O) groups is 1. The molecule has 6 nitrogen and oxygen atoms in total. The summed E-state index contributed by atoms with van der Waals surface area (Å²) in [4.78, 5) is 17.5. The highest BCUT2D eigenvalue weighted by Gasteiger charge is 2.22. The van der Waals surface area contributed by atoms with Gasteiger partial charge >= 0.3 is 0 Å². The number of imidazole rings is 1. The van der Waals surface area contributed by atoms with Gasteiger partial charge in [-0.05, 0) is 22.9 Å². The predicted octanol–water partition coefficient (Wildman–Crippen LogP) is -0.140. The zero-order chi connectivity index (χ0) is 14.3. The molecule has 0 aliphatic carbocycles. The molecular formula is C14H11N2O4-. The van der Waals surface area contributed by atoms with E-state index in [-0.39, 0.29) is 5.82 Å². The van der Waals surface area contributed by atoms with Gasteiger partial charge in [-0.25, -0.2) is 4.98 Å². The molecule has 0 spiro atoms. The van der Waals surface area contributed by atoms with Gasteiger partial charge in [-0.3, -0.25) is 0 Å². The molecule has 0 aliphatic rings. The summed E-state index contributed by atoms with van der Waals surface area (Å²) in [6.45, 7) is 0. The van der Waals surface area contributed by atoms with Crippen molar-refractivity contribution in [2.75, 3.05) is 0 Å². The third kappa shape index (κ3) is 2.01. The van der Waals surface area contributed by atoms with Crippen molar-refractivity contribution in [2.45, 2.75) is 12.2 Å². The summed E-state index contributed by atoms with van der Waals surface area (Å²) in [5.41, 5.74) is 1.24. The molecule has 1 heterocycles. The molecule has 0 fully saturated rings. The topological polar surface area (TPSA) is 109 Å². The van der Waals surface area contributed by atoms with Crippen LogP contribution in [-0.2, 0) is 4.79 Å². The van der Waals surface area contributed by atoms with Gasteiger partial charge in [0, 0.05) is 0 Å². The molecule has 0 bridgehead atoms. The molecule has 0 aliphatic heterocycles. The van der Waals surface area contributed by atoms with E-state index in [2.05, 4.69) is 9.97 Å². The summed E-state index contributed by atoms with van der Waals surface area (Å²) in [7, 11) is 0. The maximum atomic E-state index is 10.6. The molecule has 3 N–H and O–H groups in total. The lowest BCUT2D eigenvalue weighted by Gasteiger charge is -2.15. The monoisotopic (exact) mass is 271 g/mol. The second-order valence-corrected chi connectivity index (χ2v) is 4.55. The van der Waals surface area contributed by atoms with E-state index in [0.29, 0.717) is 11.0 Å². The molecule has 102 valence electrons. The standard InChI is InChI=1S/C14H12N2O4/c17-11(12(18)14(19)20)13-15-9-5-7-3-1-2-4-8(7)6-10(9)16-13/h1-6,11-12,17-18H,(H,15,16)(H,19,20)/p-1/t11-,12+/m0/s1. The van der Waals surface area contributed by atoms with Crippen LogP contribution in [0.5, 0.6) is 0 Å². The van der Waals surface area contributed by atoms with Crippen LogP contribution in [-0.4, -0.2) is 32.3 Å². The Morgan fingerprint density at radius 1 is 1.20 bits per heavy atom. The number of aliphatic hydroxyl groups is 2. The summed E-state index contributed by atoms with van der Waals surface area (Å²) in [5, 5.41) is 31.6. The lowest BCUT2D eigenvalue weighted by molar-refractivity contribution is -0.318. The fourth-order valence-electron chi connectivity index (χ4n) is 2.14. The number of carboxylic acid groups (broad SMARTS) is 1. The number of nitrogens with zero attached hydrogens (tertiary/aromatic N) is 1. The molecule has 0 saturated carbocycles. The zero-order valence-corrected chi connectivity index (χ0v) is 10.3. The smallest absolute Gasteiger partial charge is 0.143 e. The Balaban J connectivity index is 2.10. The summed E-state index contributed by atoms with van der Waals surface area (Å²) in [6, 6.07) is 11.3. The number of carboxylic acids is 1. The maximum Gasteiger partial charge on any atom is 0.143 e. The first-order valence-corrected chi connectivity index (χ1v) is 6.01. The number of aliphatic hydroxyl groups excluding tert-OH is 2. The number of carbonyl (C=O) groups excluding carboxylic acids is 1. The van der Waals surface area contributed by atoms with Crippen LogP contribution in [0.2, 0.25) is 0 Å². The average molecular weight is 271 g/mol. The van der Waals surface area contributed by atoms with Gasteiger partial charge in [0.25, 0.3) is 0 Å². The van der Waals surface area contributed by atoms with Crippen molar-refractivity contribution in [3.63, 3.8) is 0 Å². The third-order valence-electron chi connectivity index (χ3n) is 3.19. The van der Waals surface area contributed by atoms with Crippen LogP contribution in [0.15, 0.2) is 36.4 Å². The molecule has 1 aromatic heterocycles. The van der Waals surface area contributed by atoms with E-state index in [0.717, 1.165) is 10.8 Å². The van der Waals surface area contributed by atoms with Crippen LogP contribution >= 0.6 is 0 Å². The number of nitrogens with one attached hydrogen (secondary N) is 1. The Labute approximate surface area is 113 Å². The van der Waals surface area contributed by atoms with Crippen LogP contribution in [0.25, 0.3) is 21.8 Å². The normalized spacial score (nSPS) is 14.5. The highest BCUT2D eigenvalue weighted by molar-refractivity contribution is 5.95. The van der Waals surface area contributed by atoms with Gasteiger partial charge in [-0.15, -0.1) is 0 Å². The maximum absolute atomic E-state index is 10.6. The number of fused-ring (bicyclic) bond motifs is 2. The van der Waals surface area contributed by atoms with Gasteiger partial charge in [-0.2, -0.15) is 0 Å². The highest BCUT2D eigenvalue weighted by atomic mass is 16.4. The number of benzene rings is 2. The molecule has 6 heteroatoms.